The molecule has 0 spiro atoms. The maximum atomic E-state index is 11.9. The van der Waals surface area contributed by atoms with Gasteiger partial charge in [-0.05, 0) is 48.5 Å². The van der Waals surface area contributed by atoms with Crippen LogP contribution in [0.1, 0.15) is 27.6 Å². The van der Waals surface area contributed by atoms with Crippen molar-refractivity contribution in [3.05, 3.63) is 59.7 Å². The van der Waals surface area contributed by atoms with Crippen molar-refractivity contribution in [3.8, 4) is 11.5 Å². The number of hydrogen-bond donors (Lipinski definition) is 4. The highest BCUT2D eigenvalue weighted by molar-refractivity contribution is 5.90. The highest BCUT2D eigenvalue weighted by Crippen LogP contribution is 2.18. The van der Waals surface area contributed by atoms with Crippen LogP contribution in [0.5, 0.6) is 11.5 Å². The van der Waals surface area contributed by atoms with E-state index in [1.165, 1.54) is 24.3 Å². The first kappa shape index (κ1) is 25.1. The second kappa shape index (κ2) is 12.6. The molecule has 0 radical (unpaired) electrons. The zero-order valence-electron chi connectivity index (χ0n) is 17.4. The number of hydrogen-bond acceptors (Lipinski definition) is 10. The quantitative estimate of drug-likeness (QED) is 0.266. The second-order valence-electron chi connectivity index (χ2n) is 6.72. The molecule has 0 aliphatic rings. The molecule has 2 aromatic rings. The number of carbonyl (C=O) groups excluding carboxylic acids is 2. The molecule has 0 aliphatic heterocycles. The van der Waals surface area contributed by atoms with Crippen molar-refractivity contribution in [3.63, 3.8) is 0 Å². The lowest BCUT2D eigenvalue weighted by Gasteiger charge is -2.17. The van der Waals surface area contributed by atoms with E-state index in [1.807, 2.05) is 0 Å². The minimum absolute atomic E-state index is 0.255. The molecule has 32 heavy (non-hydrogen) atoms. The molecule has 10 heteroatoms. The Kier molecular flexibility index (Phi) is 9.89. The van der Waals surface area contributed by atoms with Gasteiger partial charge in [0, 0.05) is 6.92 Å². The molecule has 0 heterocycles. The van der Waals surface area contributed by atoms with Crippen molar-refractivity contribution < 1.29 is 49.0 Å². The van der Waals surface area contributed by atoms with Crippen LogP contribution in [0.4, 0.5) is 0 Å². The fraction of sp³-hybridized carbons (Fsp3) is 0.364. The third-order valence-electron chi connectivity index (χ3n) is 4.02. The zero-order chi connectivity index (χ0) is 23.5. The fourth-order valence-electron chi connectivity index (χ4n) is 2.36. The Hall–Kier alpha value is -3.18. The molecule has 0 saturated heterocycles. The summed E-state index contributed by atoms with van der Waals surface area (Å²) in [5.74, 6) is -0.408. The number of rotatable bonds is 12. The summed E-state index contributed by atoms with van der Waals surface area (Å²) in [6.45, 7) is 0.0507. The number of aliphatic hydroxyl groups excluding tert-OH is 4. The van der Waals surface area contributed by atoms with E-state index in [0.717, 1.165) is 0 Å². The second-order valence-corrected chi connectivity index (χ2v) is 6.72. The molecular weight excluding hydrogens is 424 g/mol. The van der Waals surface area contributed by atoms with Crippen molar-refractivity contribution in [1.82, 2.24) is 0 Å². The molecule has 0 amide bonds. The first-order chi connectivity index (χ1) is 15.3. The average molecular weight is 450 g/mol. The number of benzene rings is 2. The van der Waals surface area contributed by atoms with Crippen LogP contribution in [0, 0.1) is 0 Å². The summed E-state index contributed by atoms with van der Waals surface area (Å²) in [6.07, 6.45) is -2.94. The van der Waals surface area contributed by atoms with E-state index >= 15 is 0 Å². The van der Waals surface area contributed by atoms with E-state index in [0.29, 0.717) is 11.5 Å². The Balaban J connectivity index is 1.83. The van der Waals surface area contributed by atoms with Gasteiger partial charge in [0.05, 0.1) is 24.3 Å². The van der Waals surface area contributed by atoms with Crippen LogP contribution >= 0.6 is 0 Å². The van der Waals surface area contributed by atoms with Gasteiger partial charge in [-0.25, -0.2) is 9.59 Å². The number of carbonyl (C=O) groups is 2. The first-order valence-electron chi connectivity index (χ1n) is 9.78. The summed E-state index contributed by atoms with van der Waals surface area (Å²) in [7, 11) is 0. The van der Waals surface area contributed by atoms with E-state index in [1.54, 1.807) is 31.2 Å². The largest absolute Gasteiger partial charge is 0.459 e. The molecule has 10 nitrogen and oxygen atoms in total. The van der Waals surface area contributed by atoms with Gasteiger partial charge in [0.25, 0.3) is 0 Å². The van der Waals surface area contributed by atoms with Crippen LogP contribution < -0.4 is 9.47 Å². The summed E-state index contributed by atoms with van der Waals surface area (Å²) in [4.78, 5) is 23.7. The summed E-state index contributed by atoms with van der Waals surface area (Å²) in [5.41, 5.74) is 0.509. The fourth-order valence-corrected chi connectivity index (χ4v) is 2.36. The monoisotopic (exact) mass is 450 g/mol. The third-order valence-corrected chi connectivity index (χ3v) is 4.02. The van der Waals surface area contributed by atoms with Crippen molar-refractivity contribution in [2.75, 3.05) is 26.4 Å². The first-order valence-corrected chi connectivity index (χ1v) is 9.78. The summed E-state index contributed by atoms with van der Waals surface area (Å²) >= 11 is 0. The molecule has 0 aromatic heterocycles. The van der Waals surface area contributed by atoms with E-state index < -0.39 is 43.7 Å². The molecule has 2 unspecified atom stereocenters. The summed E-state index contributed by atoms with van der Waals surface area (Å²) in [5, 5.41) is 35.9. The van der Waals surface area contributed by atoms with Gasteiger partial charge in [-0.15, -0.1) is 0 Å². The van der Waals surface area contributed by atoms with Gasteiger partial charge >= 0.3 is 11.9 Å². The van der Waals surface area contributed by atoms with E-state index in [-0.39, 0.29) is 24.3 Å². The van der Waals surface area contributed by atoms with Gasteiger partial charge in [-0.2, -0.15) is 0 Å². The lowest BCUT2D eigenvalue weighted by Crippen LogP contribution is -2.22. The average Bonchev–Trinajstić information content (AvgIpc) is 2.81. The lowest BCUT2D eigenvalue weighted by molar-refractivity contribution is 0.00900. The number of ether oxygens (including phenoxy) is 4. The van der Waals surface area contributed by atoms with Crippen LogP contribution in [-0.2, 0) is 9.47 Å². The minimum Gasteiger partial charge on any atom is -0.459 e. The number of aliphatic hydroxyl groups is 4. The van der Waals surface area contributed by atoms with E-state index in [9.17, 15) is 19.8 Å². The van der Waals surface area contributed by atoms with Gasteiger partial charge in [0.1, 0.15) is 36.9 Å². The third kappa shape index (κ3) is 8.16. The normalized spacial score (nSPS) is 13.5. The standard InChI is InChI=1S/C22H26O10/c1-14(31-19-6-2-15(3-7-19)21(27)29-12-17(25)10-23)32-20-8-4-16(5-9-20)22(28)30-13-18(26)11-24/h2-9,14,17-18,23-26H,10-13H2,1H3. The molecule has 0 bridgehead atoms. The van der Waals surface area contributed by atoms with Crippen LogP contribution in [0.15, 0.2) is 48.5 Å². The molecule has 2 rings (SSSR count). The predicted molar refractivity (Wildman–Crippen MR) is 110 cm³/mol. The molecule has 2 atom stereocenters. The topological polar surface area (TPSA) is 152 Å². The van der Waals surface area contributed by atoms with Crippen LogP contribution in [-0.4, -0.2) is 77.3 Å². The smallest absolute Gasteiger partial charge is 0.338 e. The molecule has 0 saturated carbocycles. The molecule has 4 N–H and O–H groups in total. The summed E-state index contributed by atoms with van der Waals surface area (Å²) < 4.78 is 21.0. The molecule has 2 aromatic carbocycles. The minimum atomic E-state index is -1.13. The maximum Gasteiger partial charge on any atom is 0.338 e. The number of esters is 2. The predicted octanol–water partition coefficient (Wildman–Crippen LogP) is 0.510. The van der Waals surface area contributed by atoms with Gasteiger partial charge in [-0.3, -0.25) is 0 Å². The van der Waals surface area contributed by atoms with Crippen molar-refractivity contribution in [1.29, 1.82) is 0 Å². The zero-order valence-corrected chi connectivity index (χ0v) is 17.4. The maximum absolute atomic E-state index is 11.9. The SMILES string of the molecule is CC(Oc1ccc(C(=O)OCC(O)CO)cc1)Oc1ccc(C(=O)OCC(O)CO)cc1. The Labute approximate surface area is 184 Å². The van der Waals surface area contributed by atoms with Gasteiger partial charge in [0.15, 0.2) is 0 Å². The van der Waals surface area contributed by atoms with Gasteiger partial charge < -0.3 is 39.4 Å². The summed E-state index contributed by atoms with van der Waals surface area (Å²) in [6, 6.07) is 12.2. The van der Waals surface area contributed by atoms with Crippen LogP contribution in [0.2, 0.25) is 0 Å². The molecule has 0 aliphatic carbocycles. The Morgan fingerprint density at radius 1 is 0.719 bits per heavy atom. The van der Waals surface area contributed by atoms with Crippen molar-refractivity contribution >= 4 is 11.9 Å². The van der Waals surface area contributed by atoms with Crippen molar-refractivity contribution in [2.45, 2.75) is 25.4 Å². The highest BCUT2D eigenvalue weighted by Gasteiger charge is 2.13. The van der Waals surface area contributed by atoms with Crippen LogP contribution in [0.25, 0.3) is 0 Å². The van der Waals surface area contributed by atoms with E-state index in [4.69, 9.17) is 29.2 Å². The van der Waals surface area contributed by atoms with Crippen LogP contribution in [0.3, 0.4) is 0 Å². The molecule has 174 valence electrons. The lowest BCUT2D eigenvalue weighted by atomic mass is 10.2. The van der Waals surface area contributed by atoms with Crippen molar-refractivity contribution in [2.24, 2.45) is 0 Å². The van der Waals surface area contributed by atoms with Gasteiger partial charge in [0.2, 0.25) is 6.29 Å². The molecule has 0 fully saturated rings. The Morgan fingerprint density at radius 3 is 1.38 bits per heavy atom. The van der Waals surface area contributed by atoms with E-state index in [2.05, 4.69) is 0 Å². The highest BCUT2D eigenvalue weighted by atomic mass is 16.7. The van der Waals surface area contributed by atoms with Gasteiger partial charge in [-0.1, -0.05) is 0 Å². The Morgan fingerprint density at radius 2 is 1.06 bits per heavy atom. The Bertz CT molecular complexity index is 779. The molecular formula is C22H26O10.